The molecule has 0 spiro atoms. The molecule has 2 amide bonds. The van der Waals surface area contributed by atoms with E-state index < -0.39 is 23.8 Å². The van der Waals surface area contributed by atoms with Gasteiger partial charge in [0.15, 0.2) is 6.04 Å². The van der Waals surface area contributed by atoms with E-state index in [1.165, 1.54) is 7.11 Å². The largest absolute Gasteiger partial charge is 0.493 e. The quantitative estimate of drug-likeness (QED) is 0.590. The highest BCUT2D eigenvalue weighted by Gasteiger charge is 2.20. The minimum Gasteiger partial charge on any atom is -0.493 e. The monoisotopic (exact) mass is 324 g/mol. The molecule has 1 rings (SSSR count). The SMILES string of the molecule is CCOc1ccccc1C(=O)NCC(=O)NC(COC)C(=O)O. The summed E-state index contributed by atoms with van der Waals surface area (Å²) in [4.78, 5) is 34.7. The van der Waals surface area contributed by atoms with Gasteiger partial charge in [-0.1, -0.05) is 12.1 Å². The molecule has 1 aromatic rings. The van der Waals surface area contributed by atoms with Crippen molar-refractivity contribution in [2.24, 2.45) is 0 Å². The molecule has 0 aliphatic rings. The van der Waals surface area contributed by atoms with Gasteiger partial charge >= 0.3 is 5.97 Å². The third-order valence-corrected chi connectivity index (χ3v) is 2.81. The summed E-state index contributed by atoms with van der Waals surface area (Å²) in [5.74, 6) is -1.91. The number of carbonyl (C=O) groups is 3. The van der Waals surface area contributed by atoms with Crippen molar-refractivity contribution in [3.63, 3.8) is 0 Å². The second-order valence-electron chi connectivity index (χ2n) is 4.53. The van der Waals surface area contributed by atoms with E-state index in [-0.39, 0.29) is 13.2 Å². The molecule has 126 valence electrons. The number of para-hydroxylation sites is 1. The fourth-order valence-electron chi connectivity index (χ4n) is 1.78. The number of carboxylic acids is 1. The van der Waals surface area contributed by atoms with Gasteiger partial charge in [-0.25, -0.2) is 4.79 Å². The van der Waals surface area contributed by atoms with Gasteiger partial charge in [-0.15, -0.1) is 0 Å². The molecule has 3 N–H and O–H groups in total. The number of benzene rings is 1. The maximum atomic E-state index is 12.1. The van der Waals surface area contributed by atoms with E-state index >= 15 is 0 Å². The van der Waals surface area contributed by atoms with Crippen molar-refractivity contribution in [3.8, 4) is 5.75 Å². The lowest BCUT2D eigenvalue weighted by molar-refractivity contribution is -0.143. The van der Waals surface area contributed by atoms with Crippen LogP contribution in [0, 0.1) is 0 Å². The summed E-state index contributed by atoms with van der Waals surface area (Å²) in [5, 5.41) is 13.6. The number of rotatable bonds is 9. The van der Waals surface area contributed by atoms with Gasteiger partial charge < -0.3 is 25.2 Å². The lowest BCUT2D eigenvalue weighted by atomic mass is 10.2. The first-order chi connectivity index (χ1) is 11.0. The maximum absolute atomic E-state index is 12.1. The summed E-state index contributed by atoms with van der Waals surface area (Å²) < 4.78 is 10.0. The van der Waals surface area contributed by atoms with Crippen molar-refractivity contribution >= 4 is 17.8 Å². The Morgan fingerprint density at radius 3 is 2.57 bits per heavy atom. The number of hydrogen-bond donors (Lipinski definition) is 3. The molecule has 0 heterocycles. The molecule has 1 atom stereocenters. The lowest BCUT2D eigenvalue weighted by Gasteiger charge is -2.14. The van der Waals surface area contributed by atoms with Crippen LogP contribution in [0.5, 0.6) is 5.75 Å². The third-order valence-electron chi connectivity index (χ3n) is 2.81. The summed E-state index contributed by atoms with van der Waals surface area (Å²) >= 11 is 0. The number of carbonyl (C=O) groups excluding carboxylic acids is 2. The maximum Gasteiger partial charge on any atom is 0.328 e. The summed E-state index contributed by atoms with van der Waals surface area (Å²) in [7, 11) is 1.33. The van der Waals surface area contributed by atoms with E-state index in [0.717, 1.165) is 0 Å². The topological polar surface area (TPSA) is 114 Å². The Hall–Kier alpha value is -2.61. The van der Waals surface area contributed by atoms with E-state index in [0.29, 0.717) is 17.9 Å². The average molecular weight is 324 g/mol. The Morgan fingerprint density at radius 1 is 1.26 bits per heavy atom. The highest BCUT2D eigenvalue weighted by molar-refractivity contribution is 5.99. The minimum absolute atomic E-state index is 0.164. The molecule has 0 aliphatic carbocycles. The molecule has 1 unspecified atom stereocenters. The van der Waals surface area contributed by atoms with Crippen molar-refractivity contribution in [1.29, 1.82) is 0 Å². The van der Waals surface area contributed by atoms with E-state index in [2.05, 4.69) is 10.6 Å². The molecular weight excluding hydrogens is 304 g/mol. The molecular formula is C15H20N2O6. The zero-order valence-electron chi connectivity index (χ0n) is 13.0. The molecule has 0 radical (unpaired) electrons. The summed E-state index contributed by atoms with van der Waals surface area (Å²) in [6.07, 6.45) is 0. The van der Waals surface area contributed by atoms with Crippen LogP contribution in [0.2, 0.25) is 0 Å². The fourth-order valence-corrected chi connectivity index (χ4v) is 1.78. The molecule has 0 bridgehead atoms. The van der Waals surface area contributed by atoms with Gasteiger partial charge in [0.25, 0.3) is 5.91 Å². The highest BCUT2D eigenvalue weighted by Crippen LogP contribution is 2.17. The van der Waals surface area contributed by atoms with Crippen LogP contribution in [0.1, 0.15) is 17.3 Å². The van der Waals surface area contributed by atoms with Crippen LogP contribution in [0.3, 0.4) is 0 Å². The van der Waals surface area contributed by atoms with Gasteiger partial charge in [0.05, 0.1) is 25.3 Å². The predicted octanol–water partition coefficient (Wildman–Crippen LogP) is 0.0309. The molecule has 0 aliphatic heterocycles. The molecule has 0 aromatic heterocycles. The first-order valence-electron chi connectivity index (χ1n) is 7.00. The van der Waals surface area contributed by atoms with Crippen LogP contribution in [-0.4, -0.2) is 55.8 Å². The first-order valence-corrected chi connectivity index (χ1v) is 7.00. The van der Waals surface area contributed by atoms with Crippen molar-refractivity contribution in [3.05, 3.63) is 29.8 Å². The normalized spacial score (nSPS) is 11.4. The standard InChI is InChI=1S/C15H20N2O6/c1-3-23-12-7-5-4-6-10(12)14(19)16-8-13(18)17-11(9-22-2)15(20)21/h4-7,11H,3,8-9H2,1-2H3,(H,16,19)(H,17,18)(H,20,21). The predicted molar refractivity (Wildman–Crippen MR) is 81.4 cm³/mol. The van der Waals surface area contributed by atoms with Gasteiger partial charge in [0.1, 0.15) is 5.75 Å². The fraction of sp³-hybridized carbons (Fsp3) is 0.400. The number of aliphatic carboxylic acids is 1. The minimum atomic E-state index is -1.21. The zero-order valence-corrected chi connectivity index (χ0v) is 13.0. The summed E-state index contributed by atoms with van der Waals surface area (Å²) in [6, 6.07) is 5.47. The Kier molecular flexibility index (Phi) is 7.55. The lowest BCUT2D eigenvalue weighted by Crippen LogP contribution is -2.47. The van der Waals surface area contributed by atoms with Crippen molar-refractivity contribution in [2.75, 3.05) is 26.9 Å². The molecule has 23 heavy (non-hydrogen) atoms. The number of carboxylic acid groups (broad SMARTS) is 1. The van der Waals surface area contributed by atoms with E-state index in [4.69, 9.17) is 14.6 Å². The van der Waals surface area contributed by atoms with Gasteiger partial charge in [0, 0.05) is 7.11 Å². The molecule has 0 saturated heterocycles. The Balaban J connectivity index is 2.59. The zero-order chi connectivity index (χ0) is 17.2. The number of ether oxygens (including phenoxy) is 2. The molecule has 8 heteroatoms. The van der Waals surface area contributed by atoms with Crippen LogP contribution >= 0.6 is 0 Å². The van der Waals surface area contributed by atoms with Crippen molar-refractivity contribution in [1.82, 2.24) is 10.6 Å². The summed E-state index contributed by atoms with van der Waals surface area (Å²) in [5.41, 5.74) is 0.300. The van der Waals surface area contributed by atoms with Crippen LogP contribution in [0.15, 0.2) is 24.3 Å². The number of hydrogen-bond acceptors (Lipinski definition) is 5. The van der Waals surface area contributed by atoms with E-state index in [1.54, 1.807) is 31.2 Å². The molecule has 0 saturated carbocycles. The Labute approximate surface area is 133 Å². The van der Waals surface area contributed by atoms with Crippen molar-refractivity contribution in [2.45, 2.75) is 13.0 Å². The smallest absolute Gasteiger partial charge is 0.328 e. The number of methoxy groups -OCH3 is 1. The second-order valence-corrected chi connectivity index (χ2v) is 4.53. The number of nitrogens with one attached hydrogen (secondary N) is 2. The van der Waals surface area contributed by atoms with Crippen LogP contribution < -0.4 is 15.4 Å². The summed E-state index contributed by atoms with van der Waals surface area (Å²) in [6.45, 7) is 1.68. The van der Waals surface area contributed by atoms with E-state index in [1.807, 2.05) is 0 Å². The Bertz CT molecular complexity index is 561. The second kappa shape index (κ2) is 9.42. The molecule has 0 fully saturated rings. The van der Waals surface area contributed by atoms with Crippen LogP contribution in [0.4, 0.5) is 0 Å². The van der Waals surface area contributed by atoms with Crippen molar-refractivity contribution < 1.29 is 29.0 Å². The number of amides is 2. The Morgan fingerprint density at radius 2 is 1.96 bits per heavy atom. The molecule has 1 aromatic carbocycles. The van der Waals surface area contributed by atoms with Crippen LogP contribution in [-0.2, 0) is 14.3 Å². The third kappa shape index (κ3) is 5.95. The highest BCUT2D eigenvalue weighted by atomic mass is 16.5. The first kappa shape index (κ1) is 18.4. The van der Waals surface area contributed by atoms with Crippen LogP contribution in [0.25, 0.3) is 0 Å². The molecule has 8 nitrogen and oxygen atoms in total. The van der Waals surface area contributed by atoms with Gasteiger partial charge in [-0.3, -0.25) is 9.59 Å². The van der Waals surface area contributed by atoms with Gasteiger partial charge in [-0.05, 0) is 19.1 Å². The average Bonchev–Trinajstić information content (AvgIpc) is 2.53. The van der Waals surface area contributed by atoms with Gasteiger partial charge in [0.2, 0.25) is 5.91 Å². The van der Waals surface area contributed by atoms with Gasteiger partial charge in [-0.2, -0.15) is 0 Å². The van der Waals surface area contributed by atoms with E-state index in [9.17, 15) is 14.4 Å².